The molecular formula is C21H21N3O3S. The van der Waals surface area contributed by atoms with Gasteiger partial charge >= 0.3 is 0 Å². The number of nitrogens with one attached hydrogen (secondary N) is 1. The molecule has 1 amide bonds. The Kier molecular flexibility index (Phi) is 6.06. The van der Waals surface area contributed by atoms with Gasteiger partial charge in [0.15, 0.2) is 0 Å². The van der Waals surface area contributed by atoms with Gasteiger partial charge in [-0.05, 0) is 47.5 Å². The third-order valence-electron chi connectivity index (χ3n) is 4.19. The highest BCUT2D eigenvalue weighted by Crippen LogP contribution is 2.21. The Bertz CT molecular complexity index is 1020. The minimum atomic E-state index is -3.47. The van der Waals surface area contributed by atoms with Crippen molar-refractivity contribution in [2.24, 2.45) is 0 Å². The van der Waals surface area contributed by atoms with Crippen molar-refractivity contribution in [3.05, 3.63) is 95.8 Å². The molecular weight excluding hydrogens is 374 g/mol. The fraction of sp³-hybridized carbons (Fsp3) is 0.143. The van der Waals surface area contributed by atoms with Crippen molar-refractivity contribution in [3.8, 4) is 0 Å². The van der Waals surface area contributed by atoms with Crippen molar-refractivity contribution in [1.82, 2.24) is 10.3 Å². The van der Waals surface area contributed by atoms with Gasteiger partial charge in [-0.2, -0.15) is 0 Å². The highest BCUT2D eigenvalue weighted by molar-refractivity contribution is 7.92. The lowest BCUT2D eigenvalue weighted by molar-refractivity contribution is 0.0951. The summed E-state index contributed by atoms with van der Waals surface area (Å²) in [4.78, 5) is 16.3. The summed E-state index contributed by atoms with van der Waals surface area (Å²) in [5.74, 6) is -0.225. The van der Waals surface area contributed by atoms with E-state index in [1.165, 1.54) is 10.6 Å². The Morgan fingerprint density at radius 2 is 1.57 bits per heavy atom. The van der Waals surface area contributed by atoms with Crippen LogP contribution in [0.4, 0.5) is 5.69 Å². The summed E-state index contributed by atoms with van der Waals surface area (Å²) in [5.41, 5.74) is 2.81. The van der Waals surface area contributed by atoms with E-state index in [1.54, 1.807) is 36.7 Å². The zero-order valence-corrected chi connectivity index (χ0v) is 16.3. The number of nitrogens with zero attached hydrogens (tertiary/aromatic N) is 2. The molecule has 0 saturated carbocycles. The molecule has 0 aliphatic rings. The SMILES string of the molecule is CS(=O)(=O)N(Cc1ccccc1)c1ccc(C(=O)NCc2ccncc2)cc1. The molecule has 1 N–H and O–H groups in total. The topological polar surface area (TPSA) is 79.4 Å². The zero-order valence-electron chi connectivity index (χ0n) is 15.4. The highest BCUT2D eigenvalue weighted by Gasteiger charge is 2.18. The van der Waals surface area contributed by atoms with E-state index in [0.29, 0.717) is 17.8 Å². The summed E-state index contributed by atoms with van der Waals surface area (Å²) in [6.07, 6.45) is 4.51. The van der Waals surface area contributed by atoms with Gasteiger partial charge in [0.05, 0.1) is 18.5 Å². The third kappa shape index (κ3) is 5.17. The van der Waals surface area contributed by atoms with Gasteiger partial charge in [-0.1, -0.05) is 30.3 Å². The lowest BCUT2D eigenvalue weighted by Crippen LogP contribution is -2.29. The molecule has 28 heavy (non-hydrogen) atoms. The van der Waals surface area contributed by atoms with Crippen molar-refractivity contribution in [2.75, 3.05) is 10.6 Å². The summed E-state index contributed by atoms with van der Waals surface area (Å²) in [6.45, 7) is 0.625. The van der Waals surface area contributed by atoms with Crippen LogP contribution in [-0.2, 0) is 23.1 Å². The van der Waals surface area contributed by atoms with E-state index in [1.807, 2.05) is 42.5 Å². The normalized spacial score (nSPS) is 11.0. The number of hydrogen-bond acceptors (Lipinski definition) is 4. The standard InChI is InChI=1S/C21H21N3O3S/c1-28(26,27)24(16-18-5-3-2-4-6-18)20-9-7-19(8-10-20)21(25)23-15-17-11-13-22-14-12-17/h2-14H,15-16H2,1H3,(H,23,25). The molecule has 1 aromatic heterocycles. The molecule has 0 saturated heterocycles. The molecule has 6 nitrogen and oxygen atoms in total. The average molecular weight is 395 g/mol. The van der Waals surface area contributed by atoms with Crippen LogP contribution in [-0.4, -0.2) is 25.6 Å². The number of hydrogen-bond donors (Lipinski definition) is 1. The molecule has 144 valence electrons. The number of carbonyl (C=O) groups excluding carboxylic acids is 1. The van der Waals surface area contributed by atoms with Crippen molar-refractivity contribution in [3.63, 3.8) is 0 Å². The van der Waals surface area contributed by atoms with E-state index in [-0.39, 0.29) is 12.5 Å². The monoisotopic (exact) mass is 395 g/mol. The molecule has 0 spiro atoms. The molecule has 0 bridgehead atoms. The molecule has 0 radical (unpaired) electrons. The highest BCUT2D eigenvalue weighted by atomic mass is 32.2. The first-order valence-electron chi connectivity index (χ1n) is 8.72. The first-order valence-corrected chi connectivity index (χ1v) is 10.6. The van der Waals surface area contributed by atoms with Crippen LogP contribution < -0.4 is 9.62 Å². The molecule has 0 aliphatic heterocycles. The Balaban J connectivity index is 1.72. The Labute approximate surface area is 164 Å². The van der Waals surface area contributed by atoms with Gasteiger partial charge in [-0.25, -0.2) is 8.42 Å². The number of aromatic nitrogens is 1. The number of sulfonamides is 1. The minimum Gasteiger partial charge on any atom is -0.348 e. The average Bonchev–Trinajstić information content (AvgIpc) is 2.71. The van der Waals surface area contributed by atoms with Crippen LogP contribution in [0.2, 0.25) is 0 Å². The molecule has 3 aromatic rings. The van der Waals surface area contributed by atoms with E-state index >= 15 is 0 Å². The molecule has 0 fully saturated rings. The van der Waals surface area contributed by atoms with E-state index in [4.69, 9.17) is 0 Å². The molecule has 7 heteroatoms. The van der Waals surface area contributed by atoms with Crippen LogP contribution in [0, 0.1) is 0 Å². The van der Waals surface area contributed by atoms with E-state index in [9.17, 15) is 13.2 Å². The maximum Gasteiger partial charge on any atom is 0.251 e. The predicted molar refractivity (Wildman–Crippen MR) is 109 cm³/mol. The van der Waals surface area contributed by atoms with Crippen LogP contribution in [0.5, 0.6) is 0 Å². The second-order valence-electron chi connectivity index (χ2n) is 6.34. The molecule has 1 heterocycles. The van der Waals surface area contributed by atoms with E-state index < -0.39 is 10.0 Å². The first-order chi connectivity index (χ1) is 13.4. The van der Waals surface area contributed by atoms with Gasteiger partial charge in [0.25, 0.3) is 5.91 Å². The molecule has 2 aromatic carbocycles. The Morgan fingerprint density at radius 1 is 0.929 bits per heavy atom. The van der Waals surface area contributed by atoms with Crippen molar-refractivity contribution in [1.29, 1.82) is 0 Å². The fourth-order valence-corrected chi connectivity index (χ4v) is 3.60. The summed E-state index contributed by atoms with van der Waals surface area (Å²) in [6, 6.07) is 19.6. The van der Waals surface area contributed by atoms with Crippen LogP contribution in [0.3, 0.4) is 0 Å². The smallest absolute Gasteiger partial charge is 0.251 e. The van der Waals surface area contributed by atoms with E-state index in [2.05, 4.69) is 10.3 Å². The summed E-state index contributed by atoms with van der Waals surface area (Å²) >= 11 is 0. The molecule has 3 rings (SSSR count). The number of benzene rings is 2. The number of anilines is 1. The van der Waals surface area contributed by atoms with Crippen LogP contribution >= 0.6 is 0 Å². The lowest BCUT2D eigenvalue weighted by atomic mass is 10.1. The maximum atomic E-state index is 12.3. The zero-order chi connectivity index (χ0) is 20.0. The summed E-state index contributed by atoms with van der Waals surface area (Å²) in [5, 5.41) is 2.84. The molecule has 0 atom stereocenters. The largest absolute Gasteiger partial charge is 0.348 e. The van der Waals surface area contributed by atoms with Crippen molar-refractivity contribution in [2.45, 2.75) is 13.1 Å². The van der Waals surface area contributed by atoms with Crippen LogP contribution in [0.15, 0.2) is 79.1 Å². The Hall–Kier alpha value is -3.19. The van der Waals surface area contributed by atoms with Gasteiger partial charge in [0.1, 0.15) is 0 Å². The second-order valence-corrected chi connectivity index (χ2v) is 8.25. The minimum absolute atomic E-state index is 0.225. The quantitative estimate of drug-likeness (QED) is 0.667. The van der Waals surface area contributed by atoms with Crippen molar-refractivity contribution < 1.29 is 13.2 Å². The number of carbonyl (C=O) groups is 1. The Morgan fingerprint density at radius 3 is 2.18 bits per heavy atom. The molecule has 0 aliphatic carbocycles. The summed E-state index contributed by atoms with van der Waals surface area (Å²) in [7, 11) is -3.47. The third-order valence-corrected chi connectivity index (χ3v) is 5.33. The van der Waals surface area contributed by atoms with Gasteiger partial charge < -0.3 is 5.32 Å². The van der Waals surface area contributed by atoms with Gasteiger partial charge in [0, 0.05) is 24.5 Å². The molecule has 0 unspecified atom stereocenters. The predicted octanol–water partition coefficient (Wildman–Crippen LogP) is 2.98. The number of pyridine rings is 1. The summed E-state index contributed by atoms with van der Waals surface area (Å²) < 4.78 is 25.8. The lowest BCUT2D eigenvalue weighted by Gasteiger charge is -2.22. The first kappa shape index (κ1) is 19.6. The second kappa shape index (κ2) is 8.67. The van der Waals surface area contributed by atoms with Crippen molar-refractivity contribution >= 4 is 21.6 Å². The number of rotatable bonds is 7. The van der Waals surface area contributed by atoms with Crippen LogP contribution in [0.25, 0.3) is 0 Å². The van der Waals surface area contributed by atoms with Gasteiger partial charge in [-0.3, -0.25) is 14.1 Å². The number of amides is 1. The van der Waals surface area contributed by atoms with Crippen LogP contribution in [0.1, 0.15) is 21.5 Å². The fourth-order valence-electron chi connectivity index (χ4n) is 2.71. The van der Waals surface area contributed by atoms with Gasteiger partial charge in [-0.15, -0.1) is 0 Å². The van der Waals surface area contributed by atoms with Gasteiger partial charge in [0.2, 0.25) is 10.0 Å². The maximum absolute atomic E-state index is 12.3. The van der Waals surface area contributed by atoms with E-state index in [0.717, 1.165) is 11.1 Å².